The number of ether oxygens (including phenoxy) is 2. The molecule has 1 unspecified atom stereocenters. The van der Waals surface area contributed by atoms with E-state index < -0.39 is 0 Å². The average molecular weight is 278 g/mol. The zero-order chi connectivity index (χ0) is 14.0. The molecule has 2 fully saturated rings. The highest BCUT2D eigenvalue weighted by Gasteiger charge is 2.39. The van der Waals surface area contributed by atoms with Crippen LogP contribution in [0.4, 0.5) is 4.39 Å². The second-order valence-corrected chi connectivity index (χ2v) is 6.23. The summed E-state index contributed by atoms with van der Waals surface area (Å²) in [5, 5.41) is 0. The number of hydrogen-bond donors (Lipinski definition) is 0. The van der Waals surface area contributed by atoms with E-state index in [-0.39, 0.29) is 17.5 Å². The fraction of sp³-hybridized carbons (Fsp3) is 0.647. The first kappa shape index (κ1) is 13.9. The highest BCUT2D eigenvalue weighted by Crippen LogP contribution is 2.39. The van der Waals surface area contributed by atoms with Crippen LogP contribution in [-0.4, -0.2) is 18.3 Å². The summed E-state index contributed by atoms with van der Waals surface area (Å²) in [5.74, 6) is 0.606. The van der Waals surface area contributed by atoms with Crippen LogP contribution in [0.3, 0.4) is 0 Å². The zero-order valence-electron chi connectivity index (χ0n) is 12.2. The van der Waals surface area contributed by atoms with Crippen LogP contribution in [0.5, 0.6) is 5.75 Å². The van der Waals surface area contributed by atoms with Crippen LogP contribution < -0.4 is 4.74 Å². The molecule has 3 rings (SSSR count). The van der Waals surface area contributed by atoms with Crippen molar-refractivity contribution in [1.29, 1.82) is 0 Å². The summed E-state index contributed by atoms with van der Waals surface area (Å²) < 4.78 is 25.3. The van der Waals surface area contributed by atoms with E-state index in [9.17, 15) is 4.39 Å². The number of halogens is 1. The Morgan fingerprint density at radius 3 is 2.80 bits per heavy atom. The van der Waals surface area contributed by atoms with E-state index in [0.717, 1.165) is 43.6 Å². The smallest absolute Gasteiger partial charge is 0.123 e. The van der Waals surface area contributed by atoms with Crippen molar-refractivity contribution in [2.24, 2.45) is 0 Å². The average Bonchev–Trinajstić information content (AvgIpc) is 2.43. The summed E-state index contributed by atoms with van der Waals surface area (Å²) in [4.78, 5) is 0. The molecule has 3 heteroatoms. The lowest BCUT2D eigenvalue weighted by Gasteiger charge is -2.43. The minimum atomic E-state index is -0.203. The topological polar surface area (TPSA) is 18.5 Å². The molecule has 2 aliphatic rings. The minimum Gasteiger partial charge on any atom is -0.490 e. The SMILES string of the molecule is Cc1cc(F)ccc1OC1CCOC2(CCCCC2)C1. The summed E-state index contributed by atoms with van der Waals surface area (Å²) in [5.41, 5.74) is 0.920. The molecular formula is C17H23FO2. The molecule has 1 aromatic rings. The van der Waals surface area contributed by atoms with E-state index in [4.69, 9.17) is 9.47 Å². The number of hydrogen-bond acceptors (Lipinski definition) is 2. The molecule has 20 heavy (non-hydrogen) atoms. The molecule has 0 radical (unpaired) electrons. The molecular weight excluding hydrogens is 255 g/mol. The third-order valence-corrected chi connectivity index (χ3v) is 4.64. The van der Waals surface area contributed by atoms with Gasteiger partial charge in [0, 0.05) is 12.8 Å². The monoisotopic (exact) mass is 278 g/mol. The van der Waals surface area contributed by atoms with Crippen LogP contribution in [0.15, 0.2) is 18.2 Å². The molecule has 0 N–H and O–H groups in total. The van der Waals surface area contributed by atoms with Crippen LogP contribution in [0.1, 0.15) is 50.5 Å². The third-order valence-electron chi connectivity index (χ3n) is 4.64. The largest absolute Gasteiger partial charge is 0.490 e. The summed E-state index contributed by atoms with van der Waals surface area (Å²) in [6, 6.07) is 4.75. The third kappa shape index (κ3) is 2.98. The van der Waals surface area contributed by atoms with Crippen molar-refractivity contribution in [3.8, 4) is 5.75 Å². The predicted molar refractivity (Wildman–Crippen MR) is 76.6 cm³/mol. The van der Waals surface area contributed by atoms with Crippen LogP contribution in [-0.2, 0) is 4.74 Å². The van der Waals surface area contributed by atoms with Crippen molar-refractivity contribution in [3.05, 3.63) is 29.6 Å². The molecule has 0 bridgehead atoms. The molecule has 1 spiro atoms. The van der Waals surface area contributed by atoms with Gasteiger partial charge >= 0.3 is 0 Å². The Kier molecular flexibility index (Phi) is 3.97. The van der Waals surface area contributed by atoms with Gasteiger partial charge in [0.25, 0.3) is 0 Å². The molecule has 2 nitrogen and oxygen atoms in total. The van der Waals surface area contributed by atoms with Gasteiger partial charge in [0.05, 0.1) is 12.2 Å². The molecule has 1 atom stereocenters. The van der Waals surface area contributed by atoms with Crippen molar-refractivity contribution in [2.45, 2.75) is 63.6 Å². The highest BCUT2D eigenvalue weighted by atomic mass is 19.1. The summed E-state index contributed by atoms with van der Waals surface area (Å²) in [6.45, 7) is 2.68. The van der Waals surface area contributed by atoms with Crippen LogP contribution in [0.25, 0.3) is 0 Å². The van der Waals surface area contributed by atoms with Crippen molar-refractivity contribution in [2.75, 3.05) is 6.61 Å². The first-order chi connectivity index (χ1) is 9.67. The fourth-order valence-corrected chi connectivity index (χ4v) is 3.55. The van der Waals surface area contributed by atoms with Crippen molar-refractivity contribution in [1.82, 2.24) is 0 Å². The molecule has 1 aliphatic heterocycles. The zero-order valence-corrected chi connectivity index (χ0v) is 12.2. The lowest BCUT2D eigenvalue weighted by Crippen LogP contribution is -2.45. The first-order valence-corrected chi connectivity index (χ1v) is 7.74. The van der Waals surface area contributed by atoms with E-state index in [0.29, 0.717) is 0 Å². The van der Waals surface area contributed by atoms with E-state index in [1.54, 1.807) is 6.07 Å². The molecule has 110 valence electrons. The van der Waals surface area contributed by atoms with Crippen LogP contribution >= 0.6 is 0 Å². The van der Waals surface area contributed by atoms with E-state index >= 15 is 0 Å². The summed E-state index contributed by atoms with van der Waals surface area (Å²) >= 11 is 0. The molecule has 1 saturated heterocycles. The van der Waals surface area contributed by atoms with Gasteiger partial charge in [-0.25, -0.2) is 4.39 Å². The Balaban J connectivity index is 1.68. The van der Waals surface area contributed by atoms with Gasteiger partial charge < -0.3 is 9.47 Å². The second kappa shape index (κ2) is 5.72. The van der Waals surface area contributed by atoms with Gasteiger partial charge in [-0.2, -0.15) is 0 Å². The minimum absolute atomic E-state index is 0.0507. The number of rotatable bonds is 2. The van der Waals surface area contributed by atoms with Gasteiger partial charge in [0.1, 0.15) is 17.7 Å². The van der Waals surface area contributed by atoms with Gasteiger partial charge in [0.2, 0.25) is 0 Å². The normalized spacial score (nSPS) is 25.6. The van der Waals surface area contributed by atoms with Crippen LogP contribution in [0.2, 0.25) is 0 Å². The molecule has 0 aromatic heterocycles. The van der Waals surface area contributed by atoms with Gasteiger partial charge in [-0.15, -0.1) is 0 Å². The van der Waals surface area contributed by atoms with Crippen molar-refractivity contribution in [3.63, 3.8) is 0 Å². The lowest BCUT2D eigenvalue weighted by atomic mass is 9.79. The summed E-state index contributed by atoms with van der Waals surface area (Å²) in [7, 11) is 0. The van der Waals surface area contributed by atoms with Crippen molar-refractivity contribution < 1.29 is 13.9 Å². The Morgan fingerprint density at radius 1 is 1.25 bits per heavy atom. The Labute approximate surface area is 120 Å². The maximum Gasteiger partial charge on any atom is 0.123 e. The van der Waals surface area contributed by atoms with Gasteiger partial charge in [-0.05, 0) is 43.5 Å². The summed E-state index contributed by atoms with van der Waals surface area (Å²) in [6.07, 6.45) is 8.29. The number of aryl methyl sites for hydroxylation is 1. The maximum absolute atomic E-state index is 13.1. The first-order valence-electron chi connectivity index (χ1n) is 7.74. The van der Waals surface area contributed by atoms with Gasteiger partial charge in [-0.3, -0.25) is 0 Å². The predicted octanol–water partition coefficient (Wildman–Crippen LogP) is 4.39. The van der Waals surface area contributed by atoms with Gasteiger partial charge in [-0.1, -0.05) is 19.3 Å². The number of benzene rings is 1. The van der Waals surface area contributed by atoms with Crippen LogP contribution in [0, 0.1) is 12.7 Å². The Morgan fingerprint density at radius 2 is 2.05 bits per heavy atom. The standard InChI is InChI=1S/C17H23FO2/c1-13-11-14(18)5-6-16(13)20-15-7-10-19-17(12-15)8-3-2-4-9-17/h5-6,11,15H,2-4,7-10,12H2,1H3. The van der Waals surface area contributed by atoms with E-state index in [1.807, 2.05) is 6.92 Å². The second-order valence-electron chi connectivity index (χ2n) is 6.23. The van der Waals surface area contributed by atoms with E-state index in [1.165, 1.54) is 31.4 Å². The van der Waals surface area contributed by atoms with Crippen molar-refractivity contribution >= 4 is 0 Å². The fourth-order valence-electron chi connectivity index (χ4n) is 3.55. The molecule has 1 aliphatic carbocycles. The molecule has 1 heterocycles. The quantitative estimate of drug-likeness (QED) is 0.798. The van der Waals surface area contributed by atoms with Gasteiger partial charge in [0.15, 0.2) is 0 Å². The highest BCUT2D eigenvalue weighted by molar-refractivity contribution is 5.32. The Hall–Kier alpha value is -1.09. The van der Waals surface area contributed by atoms with E-state index in [2.05, 4.69) is 0 Å². The lowest BCUT2D eigenvalue weighted by molar-refractivity contribution is -0.129. The Bertz CT molecular complexity index is 461. The molecule has 1 aromatic carbocycles. The molecule has 0 amide bonds. The molecule has 1 saturated carbocycles. The maximum atomic E-state index is 13.1.